The molecule has 0 amide bonds. The normalized spacial score (nSPS) is 12.4. The maximum atomic E-state index is 13.3. The monoisotopic (exact) mass is 240 g/mol. The van der Waals surface area contributed by atoms with Crippen molar-refractivity contribution in [1.82, 2.24) is 0 Å². The van der Waals surface area contributed by atoms with Gasteiger partial charge in [-0.25, -0.2) is 4.39 Å². The van der Waals surface area contributed by atoms with Gasteiger partial charge in [-0.3, -0.25) is 4.79 Å². The van der Waals surface area contributed by atoms with Crippen LogP contribution < -0.4 is 0 Å². The first-order valence-corrected chi connectivity index (χ1v) is 5.49. The Bertz CT molecular complexity index is 365. The van der Waals surface area contributed by atoms with Crippen LogP contribution in [-0.4, -0.2) is 32.2 Å². The second kappa shape index (κ2) is 7.14. The molecule has 4 heteroatoms. The van der Waals surface area contributed by atoms with Gasteiger partial charge in [-0.2, -0.15) is 0 Å². The first-order valence-electron chi connectivity index (χ1n) is 5.49. The summed E-state index contributed by atoms with van der Waals surface area (Å²) in [6, 6.07) is 6.25. The first-order chi connectivity index (χ1) is 8.13. The topological polar surface area (TPSA) is 35.5 Å². The van der Waals surface area contributed by atoms with E-state index in [4.69, 9.17) is 9.47 Å². The second-order valence-corrected chi connectivity index (χ2v) is 3.88. The van der Waals surface area contributed by atoms with E-state index in [1.165, 1.54) is 6.07 Å². The molecule has 1 aromatic rings. The zero-order valence-electron chi connectivity index (χ0n) is 10.1. The first kappa shape index (κ1) is 13.8. The van der Waals surface area contributed by atoms with Crippen LogP contribution in [-0.2, 0) is 20.7 Å². The minimum atomic E-state index is -0.356. The summed E-state index contributed by atoms with van der Waals surface area (Å²) in [4.78, 5) is 11.5. The highest BCUT2D eigenvalue weighted by Gasteiger charge is 2.10. The molecule has 1 unspecified atom stereocenters. The summed E-state index contributed by atoms with van der Waals surface area (Å²) in [5.74, 6) is -0.496. The quantitative estimate of drug-likeness (QED) is 0.731. The summed E-state index contributed by atoms with van der Waals surface area (Å²) in [6.07, 6.45) is -0.0728. The maximum Gasteiger partial charge on any atom is 0.162 e. The Balaban J connectivity index is 2.37. The number of carbonyl (C=O) groups excluding carboxylic acids is 1. The molecule has 0 N–H and O–H groups in total. The van der Waals surface area contributed by atoms with E-state index in [2.05, 4.69) is 0 Å². The van der Waals surface area contributed by atoms with Crippen LogP contribution in [0.25, 0.3) is 0 Å². The van der Waals surface area contributed by atoms with Gasteiger partial charge < -0.3 is 9.47 Å². The standard InChI is InChI=1S/C13H17FO3/c1-10(8-16-2)17-9-12(15)7-11-5-3-4-6-13(11)14/h3-6,10H,7-9H2,1-2H3. The van der Waals surface area contributed by atoms with Crippen LogP contribution >= 0.6 is 0 Å². The highest BCUT2D eigenvalue weighted by Crippen LogP contribution is 2.07. The third-order valence-corrected chi connectivity index (χ3v) is 2.28. The molecule has 17 heavy (non-hydrogen) atoms. The second-order valence-electron chi connectivity index (χ2n) is 3.88. The predicted molar refractivity (Wildman–Crippen MR) is 62.4 cm³/mol. The van der Waals surface area contributed by atoms with E-state index < -0.39 is 0 Å². The molecule has 0 aliphatic rings. The molecule has 94 valence electrons. The molecule has 1 atom stereocenters. The van der Waals surface area contributed by atoms with Crippen LogP contribution in [0.3, 0.4) is 0 Å². The highest BCUT2D eigenvalue weighted by molar-refractivity contribution is 5.82. The number of carbonyl (C=O) groups is 1. The number of ketones is 1. The largest absolute Gasteiger partial charge is 0.382 e. The predicted octanol–water partition coefficient (Wildman–Crippen LogP) is 1.99. The molecule has 0 heterocycles. The average molecular weight is 240 g/mol. The van der Waals surface area contributed by atoms with E-state index in [1.807, 2.05) is 6.92 Å². The van der Waals surface area contributed by atoms with Crippen LogP contribution in [0.4, 0.5) is 4.39 Å². The van der Waals surface area contributed by atoms with Crippen molar-refractivity contribution in [1.29, 1.82) is 0 Å². The van der Waals surface area contributed by atoms with Gasteiger partial charge in [-0.15, -0.1) is 0 Å². The lowest BCUT2D eigenvalue weighted by molar-refractivity contribution is -0.125. The minimum Gasteiger partial charge on any atom is -0.382 e. The number of benzene rings is 1. The van der Waals surface area contributed by atoms with Crippen molar-refractivity contribution in [3.8, 4) is 0 Å². The number of hydrogen-bond acceptors (Lipinski definition) is 3. The van der Waals surface area contributed by atoms with Gasteiger partial charge in [-0.05, 0) is 18.6 Å². The molecule has 0 aliphatic heterocycles. The smallest absolute Gasteiger partial charge is 0.162 e. The Labute approximate surface area is 101 Å². The van der Waals surface area contributed by atoms with Crippen molar-refractivity contribution in [2.45, 2.75) is 19.4 Å². The van der Waals surface area contributed by atoms with Gasteiger partial charge in [0.25, 0.3) is 0 Å². The highest BCUT2D eigenvalue weighted by atomic mass is 19.1. The summed E-state index contributed by atoms with van der Waals surface area (Å²) in [6.45, 7) is 2.24. The van der Waals surface area contributed by atoms with Gasteiger partial charge in [0.2, 0.25) is 0 Å². The van der Waals surface area contributed by atoms with Gasteiger partial charge in [0.1, 0.15) is 12.4 Å². The van der Waals surface area contributed by atoms with E-state index in [9.17, 15) is 9.18 Å². The zero-order chi connectivity index (χ0) is 12.7. The fourth-order valence-electron chi connectivity index (χ4n) is 1.42. The Morgan fingerprint density at radius 2 is 2.12 bits per heavy atom. The van der Waals surface area contributed by atoms with Gasteiger partial charge in [0.05, 0.1) is 12.7 Å². The fourth-order valence-corrected chi connectivity index (χ4v) is 1.42. The summed E-state index contributed by atoms with van der Waals surface area (Å²) >= 11 is 0. The number of halogens is 1. The lowest BCUT2D eigenvalue weighted by atomic mass is 10.1. The third-order valence-electron chi connectivity index (χ3n) is 2.28. The Kier molecular flexibility index (Phi) is 5.80. The van der Waals surface area contributed by atoms with E-state index in [0.29, 0.717) is 12.2 Å². The Morgan fingerprint density at radius 3 is 2.76 bits per heavy atom. The molecular weight excluding hydrogens is 223 g/mol. The molecule has 0 aliphatic carbocycles. The number of ether oxygens (including phenoxy) is 2. The molecule has 3 nitrogen and oxygen atoms in total. The molecular formula is C13H17FO3. The van der Waals surface area contributed by atoms with Crippen LogP contribution in [0.15, 0.2) is 24.3 Å². The van der Waals surface area contributed by atoms with Gasteiger partial charge >= 0.3 is 0 Å². The molecule has 1 rings (SSSR count). The third kappa shape index (κ3) is 5.06. The number of Topliss-reactive ketones (excluding diaryl/α,β-unsaturated/α-hetero) is 1. The van der Waals surface area contributed by atoms with Crippen molar-refractivity contribution < 1.29 is 18.7 Å². The zero-order valence-corrected chi connectivity index (χ0v) is 10.1. The molecule has 0 radical (unpaired) electrons. The minimum absolute atomic E-state index is 0.0150. The van der Waals surface area contributed by atoms with Crippen molar-refractivity contribution in [2.75, 3.05) is 20.3 Å². The van der Waals surface area contributed by atoms with E-state index in [-0.39, 0.29) is 30.7 Å². The maximum absolute atomic E-state index is 13.3. The van der Waals surface area contributed by atoms with Crippen molar-refractivity contribution in [3.63, 3.8) is 0 Å². The molecule has 0 fully saturated rings. The van der Waals surface area contributed by atoms with Gasteiger partial charge in [-0.1, -0.05) is 18.2 Å². The number of rotatable bonds is 7. The van der Waals surface area contributed by atoms with Gasteiger partial charge in [0.15, 0.2) is 5.78 Å². The molecule has 1 aromatic carbocycles. The summed E-state index contributed by atoms with van der Waals surface area (Å²) in [5.41, 5.74) is 0.403. The lowest BCUT2D eigenvalue weighted by Gasteiger charge is -2.11. The molecule has 0 bridgehead atoms. The molecule has 0 saturated carbocycles. The van der Waals surface area contributed by atoms with E-state index >= 15 is 0 Å². The van der Waals surface area contributed by atoms with Crippen LogP contribution in [0.2, 0.25) is 0 Å². The molecule has 0 aromatic heterocycles. The molecule has 0 spiro atoms. The van der Waals surface area contributed by atoms with Crippen LogP contribution in [0.1, 0.15) is 12.5 Å². The summed E-state index contributed by atoms with van der Waals surface area (Å²) in [7, 11) is 1.57. The molecule has 0 saturated heterocycles. The fraction of sp³-hybridized carbons (Fsp3) is 0.462. The summed E-state index contributed by atoms with van der Waals surface area (Å²) < 4.78 is 23.4. The Hall–Kier alpha value is -1.26. The van der Waals surface area contributed by atoms with Crippen molar-refractivity contribution in [2.24, 2.45) is 0 Å². The Morgan fingerprint density at radius 1 is 1.41 bits per heavy atom. The van der Waals surface area contributed by atoms with Gasteiger partial charge in [0, 0.05) is 13.5 Å². The van der Waals surface area contributed by atoms with E-state index in [0.717, 1.165) is 0 Å². The van der Waals surface area contributed by atoms with Crippen LogP contribution in [0, 0.1) is 5.82 Å². The summed E-state index contributed by atoms with van der Waals surface area (Å²) in [5, 5.41) is 0. The van der Waals surface area contributed by atoms with Crippen LogP contribution in [0.5, 0.6) is 0 Å². The SMILES string of the molecule is COCC(C)OCC(=O)Cc1ccccc1F. The average Bonchev–Trinajstić information content (AvgIpc) is 2.30. The lowest BCUT2D eigenvalue weighted by Crippen LogP contribution is -2.21. The number of hydrogen-bond donors (Lipinski definition) is 0. The van der Waals surface area contributed by atoms with E-state index in [1.54, 1.807) is 25.3 Å². The number of methoxy groups -OCH3 is 1. The van der Waals surface area contributed by atoms with Crippen molar-refractivity contribution >= 4 is 5.78 Å². The van der Waals surface area contributed by atoms with Crippen molar-refractivity contribution in [3.05, 3.63) is 35.6 Å².